The Labute approximate surface area is 85.1 Å². The average molecular weight is 215 g/mol. The number of carboxylic acids is 1. The van der Waals surface area contributed by atoms with Crippen molar-refractivity contribution in [3.8, 4) is 5.88 Å². The molecular formula is C9H10FNO4. The van der Waals surface area contributed by atoms with E-state index in [1.165, 1.54) is 25.4 Å². The Morgan fingerprint density at radius 1 is 1.60 bits per heavy atom. The molecule has 15 heavy (non-hydrogen) atoms. The Morgan fingerprint density at radius 3 is 2.67 bits per heavy atom. The summed E-state index contributed by atoms with van der Waals surface area (Å²) >= 11 is 0. The van der Waals surface area contributed by atoms with Crippen LogP contribution in [-0.2, 0) is 4.79 Å². The van der Waals surface area contributed by atoms with Crippen LogP contribution in [0.4, 0.5) is 4.39 Å². The maximum atomic E-state index is 12.9. The molecule has 82 valence electrons. The summed E-state index contributed by atoms with van der Waals surface area (Å²) in [5.74, 6) is -1.41. The number of methoxy groups -OCH3 is 1. The van der Waals surface area contributed by atoms with Crippen molar-refractivity contribution in [2.45, 2.75) is 12.3 Å². The van der Waals surface area contributed by atoms with Crippen LogP contribution in [0.25, 0.3) is 0 Å². The topological polar surface area (TPSA) is 79.7 Å². The summed E-state index contributed by atoms with van der Waals surface area (Å²) in [6, 6.07) is 2.76. The van der Waals surface area contributed by atoms with Gasteiger partial charge in [-0.25, -0.2) is 14.2 Å². The van der Waals surface area contributed by atoms with E-state index in [-0.39, 0.29) is 5.56 Å². The SMILES string of the molecule is COc1ccc(C(O)C(F)C(=O)O)cn1. The number of carbonyl (C=O) groups is 1. The molecule has 2 N–H and O–H groups in total. The molecule has 0 aromatic carbocycles. The van der Waals surface area contributed by atoms with Crippen molar-refractivity contribution in [3.63, 3.8) is 0 Å². The molecule has 5 nitrogen and oxygen atoms in total. The Balaban J connectivity index is 2.82. The summed E-state index contributed by atoms with van der Waals surface area (Å²) in [6.07, 6.45) is -2.92. The fraction of sp³-hybridized carbons (Fsp3) is 0.333. The van der Waals surface area contributed by atoms with Crippen LogP contribution < -0.4 is 4.74 Å². The third-order valence-corrected chi connectivity index (χ3v) is 1.82. The molecule has 1 rings (SSSR count). The van der Waals surface area contributed by atoms with E-state index >= 15 is 0 Å². The molecule has 0 saturated carbocycles. The first kappa shape index (κ1) is 11.4. The van der Waals surface area contributed by atoms with Crippen LogP contribution in [0.1, 0.15) is 11.7 Å². The highest BCUT2D eigenvalue weighted by Gasteiger charge is 2.27. The standard InChI is InChI=1S/C9H10FNO4/c1-15-6-3-2-5(4-11-6)8(12)7(10)9(13)14/h2-4,7-8,12H,1H3,(H,13,14). The first-order chi connectivity index (χ1) is 7.06. The van der Waals surface area contributed by atoms with Gasteiger partial charge in [-0.15, -0.1) is 0 Å². The van der Waals surface area contributed by atoms with Crippen molar-refractivity contribution in [2.24, 2.45) is 0 Å². The van der Waals surface area contributed by atoms with Crippen molar-refractivity contribution in [1.82, 2.24) is 4.98 Å². The van der Waals surface area contributed by atoms with Gasteiger partial charge >= 0.3 is 5.97 Å². The number of alkyl halides is 1. The van der Waals surface area contributed by atoms with E-state index < -0.39 is 18.2 Å². The summed E-state index contributed by atoms with van der Waals surface area (Å²) in [6.45, 7) is 0. The normalized spacial score (nSPS) is 14.3. The van der Waals surface area contributed by atoms with Gasteiger partial charge < -0.3 is 14.9 Å². The molecule has 0 aliphatic rings. The van der Waals surface area contributed by atoms with E-state index in [1.54, 1.807) is 0 Å². The van der Waals surface area contributed by atoms with Crippen molar-refractivity contribution in [1.29, 1.82) is 0 Å². The molecule has 0 saturated heterocycles. The molecule has 0 radical (unpaired) electrons. The van der Waals surface area contributed by atoms with Crippen LogP contribution in [0.3, 0.4) is 0 Å². The van der Waals surface area contributed by atoms with E-state index in [1.807, 2.05) is 0 Å². The molecule has 0 aliphatic heterocycles. The smallest absolute Gasteiger partial charge is 0.341 e. The molecule has 6 heteroatoms. The molecule has 2 unspecified atom stereocenters. The zero-order valence-electron chi connectivity index (χ0n) is 7.92. The van der Waals surface area contributed by atoms with Crippen molar-refractivity contribution in [3.05, 3.63) is 23.9 Å². The lowest BCUT2D eigenvalue weighted by atomic mass is 10.1. The van der Waals surface area contributed by atoms with Gasteiger partial charge in [0, 0.05) is 17.8 Å². The molecular weight excluding hydrogens is 205 g/mol. The number of hydrogen-bond donors (Lipinski definition) is 2. The molecule has 0 aliphatic carbocycles. The number of rotatable bonds is 4. The number of ether oxygens (including phenoxy) is 1. The third-order valence-electron chi connectivity index (χ3n) is 1.82. The predicted octanol–water partition coefficient (Wildman–Crippen LogP) is 0.546. The monoisotopic (exact) mass is 215 g/mol. The summed E-state index contributed by atoms with van der Waals surface area (Å²) in [4.78, 5) is 14.0. The number of hydrogen-bond acceptors (Lipinski definition) is 4. The maximum Gasteiger partial charge on any atom is 0.341 e. The number of aliphatic hydroxyl groups excluding tert-OH is 1. The molecule has 1 aromatic rings. The van der Waals surface area contributed by atoms with E-state index in [9.17, 15) is 14.3 Å². The zero-order chi connectivity index (χ0) is 11.4. The molecule has 0 bridgehead atoms. The van der Waals surface area contributed by atoms with Crippen molar-refractivity contribution < 1.29 is 24.1 Å². The van der Waals surface area contributed by atoms with E-state index in [0.29, 0.717) is 5.88 Å². The molecule has 1 aromatic heterocycles. The Morgan fingerprint density at radius 2 is 2.27 bits per heavy atom. The van der Waals surface area contributed by atoms with Gasteiger partial charge in [-0.3, -0.25) is 0 Å². The fourth-order valence-electron chi connectivity index (χ4n) is 0.991. The second-order valence-electron chi connectivity index (χ2n) is 2.82. The molecule has 0 spiro atoms. The summed E-state index contributed by atoms with van der Waals surface area (Å²) in [5, 5.41) is 17.6. The second kappa shape index (κ2) is 4.70. The highest BCUT2D eigenvalue weighted by Crippen LogP contribution is 2.20. The van der Waals surface area contributed by atoms with Gasteiger partial charge in [-0.05, 0) is 6.07 Å². The lowest BCUT2D eigenvalue weighted by Crippen LogP contribution is -2.23. The highest BCUT2D eigenvalue weighted by molar-refractivity contribution is 5.73. The molecule has 0 fully saturated rings. The van der Waals surface area contributed by atoms with Crippen LogP contribution in [0.2, 0.25) is 0 Å². The largest absolute Gasteiger partial charge is 0.481 e. The van der Waals surface area contributed by atoms with Gasteiger partial charge in [-0.1, -0.05) is 0 Å². The number of aliphatic carboxylic acids is 1. The van der Waals surface area contributed by atoms with Crippen molar-refractivity contribution >= 4 is 5.97 Å². The number of pyridine rings is 1. The molecule has 1 heterocycles. The number of carboxylic acid groups (broad SMARTS) is 1. The van der Waals surface area contributed by atoms with Crippen molar-refractivity contribution in [2.75, 3.05) is 7.11 Å². The number of nitrogens with zero attached hydrogens (tertiary/aromatic N) is 1. The number of aromatic nitrogens is 1. The minimum Gasteiger partial charge on any atom is -0.481 e. The van der Waals surface area contributed by atoms with E-state index in [2.05, 4.69) is 4.98 Å². The first-order valence-corrected chi connectivity index (χ1v) is 4.11. The van der Waals surface area contributed by atoms with Gasteiger partial charge in [0.15, 0.2) is 0 Å². The summed E-state index contributed by atoms with van der Waals surface area (Å²) in [7, 11) is 1.41. The Bertz CT molecular complexity index is 340. The second-order valence-corrected chi connectivity index (χ2v) is 2.82. The highest BCUT2D eigenvalue weighted by atomic mass is 19.1. The average Bonchev–Trinajstić information content (AvgIpc) is 2.27. The summed E-state index contributed by atoms with van der Waals surface area (Å²) in [5.41, 5.74) is 0.0886. The van der Waals surface area contributed by atoms with E-state index in [4.69, 9.17) is 9.84 Å². The maximum absolute atomic E-state index is 12.9. The van der Waals surface area contributed by atoms with Crippen LogP contribution in [0, 0.1) is 0 Å². The molecule has 2 atom stereocenters. The third kappa shape index (κ3) is 2.63. The van der Waals surface area contributed by atoms with Crippen LogP contribution in [0.15, 0.2) is 18.3 Å². The summed E-state index contributed by atoms with van der Waals surface area (Å²) < 4.78 is 17.6. The van der Waals surface area contributed by atoms with Gasteiger partial charge in [0.2, 0.25) is 12.1 Å². The van der Waals surface area contributed by atoms with Crippen LogP contribution in [0.5, 0.6) is 5.88 Å². The van der Waals surface area contributed by atoms with Gasteiger partial charge in [0.1, 0.15) is 6.10 Å². The minimum atomic E-state index is -2.36. The van der Waals surface area contributed by atoms with Gasteiger partial charge in [-0.2, -0.15) is 0 Å². The van der Waals surface area contributed by atoms with Crippen LogP contribution in [-0.4, -0.2) is 34.4 Å². The van der Waals surface area contributed by atoms with Gasteiger partial charge in [0.05, 0.1) is 7.11 Å². The Hall–Kier alpha value is -1.69. The zero-order valence-corrected chi connectivity index (χ0v) is 7.92. The fourth-order valence-corrected chi connectivity index (χ4v) is 0.991. The van der Waals surface area contributed by atoms with Gasteiger partial charge in [0.25, 0.3) is 0 Å². The first-order valence-electron chi connectivity index (χ1n) is 4.11. The number of halogens is 1. The molecule has 0 amide bonds. The lowest BCUT2D eigenvalue weighted by molar-refractivity contribution is -0.147. The Kier molecular flexibility index (Phi) is 3.56. The number of aliphatic hydroxyl groups is 1. The lowest BCUT2D eigenvalue weighted by Gasteiger charge is -2.11. The van der Waals surface area contributed by atoms with E-state index in [0.717, 1.165) is 0 Å². The van der Waals surface area contributed by atoms with Crippen LogP contribution >= 0.6 is 0 Å². The minimum absolute atomic E-state index is 0.0886. The quantitative estimate of drug-likeness (QED) is 0.766. The predicted molar refractivity (Wildman–Crippen MR) is 48.3 cm³/mol.